The summed E-state index contributed by atoms with van der Waals surface area (Å²) in [4.78, 5) is 28.5. The van der Waals surface area contributed by atoms with Crippen LogP contribution in [-0.4, -0.2) is 28.4 Å². The molecule has 0 bridgehead atoms. The van der Waals surface area contributed by atoms with Gasteiger partial charge in [-0.05, 0) is 37.7 Å². The van der Waals surface area contributed by atoms with Crippen LogP contribution in [0.15, 0.2) is 23.1 Å². The number of nitrogens with one attached hydrogen (secondary N) is 1. The van der Waals surface area contributed by atoms with Gasteiger partial charge in [-0.2, -0.15) is 0 Å². The molecule has 1 saturated heterocycles. The summed E-state index contributed by atoms with van der Waals surface area (Å²) < 4.78 is 0. The number of rotatable bonds is 1. The van der Waals surface area contributed by atoms with Crippen molar-refractivity contribution in [1.82, 2.24) is 9.88 Å². The van der Waals surface area contributed by atoms with Crippen LogP contribution in [0.2, 0.25) is 0 Å². The van der Waals surface area contributed by atoms with E-state index in [-0.39, 0.29) is 11.5 Å². The SMILES string of the molecule is O=C(c1cc[nH]c(=O)c1)N1CCCC2CCCCC21. The van der Waals surface area contributed by atoms with Gasteiger partial charge in [0.2, 0.25) is 5.56 Å². The van der Waals surface area contributed by atoms with E-state index in [2.05, 4.69) is 4.98 Å². The second-order valence-corrected chi connectivity index (χ2v) is 5.69. The van der Waals surface area contributed by atoms with E-state index in [1.54, 1.807) is 12.3 Å². The van der Waals surface area contributed by atoms with Crippen LogP contribution < -0.4 is 5.56 Å². The van der Waals surface area contributed by atoms with Gasteiger partial charge in [0.05, 0.1) is 0 Å². The van der Waals surface area contributed by atoms with Crippen molar-refractivity contribution in [2.75, 3.05) is 6.54 Å². The number of pyridine rings is 1. The van der Waals surface area contributed by atoms with Gasteiger partial charge in [-0.25, -0.2) is 0 Å². The third-order valence-corrected chi connectivity index (χ3v) is 4.53. The zero-order chi connectivity index (χ0) is 13.2. The molecule has 102 valence electrons. The maximum atomic E-state index is 12.6. The molecule has 4 heteroatoms. The van der Waals surface area contributed by atoms with Gasteiger partial charge < -0.3 is 9.88 Å². The lowest BCUT2D eigenvalue weighted by molar-refractivity contribution is 0.0390. The second-order valence-electron chi connectivity index (χ2n) is 5.69. The monoisotopic (exact) mass is 260 g/mol. The minimum Gasteiger partial charge on any atom is -0.335 e. The topological polar surface area (TPSA) is 53.2 Å². The van der Waals surface area contributed by atoms with Gasteiger partial charge in [-0.1, -0.05) is 12.8 Å². The van der Waals surface area contributed by atoms with Crippen molar-refractivity contribution in [1.29, 1.82) is 0 Å². The Labute approximate surface area is 112 Å². The number of aromatic amines is 1. The predicted octanol–water partition coefficient (Wildman–Crippen LogP) is 2.17. The number of H-pyrrole nitrogens is 1. The number of aromatic nitrogens is 1. The lowest BCUT2D eigenvalue weighted by Gasteiger charge is -2.44. The fraction of sp³-hybridized carbons (Fsp3) is 0.600. The Bertz CT molecular complexity index is 521. The third-order valence-electron chi connectivity index (χ3n) is 4.53. The normalized spacial score (nSPS) is 26.8. The summed E-state index contributed by atoms with van der Waals surface area (Å²) >= 11 is 0. The highest BCUT2D eigenvalue weighted by Gasteiger charge is 2.35. The summed E-state index contributed by atoms with van der Waals surface area (Å²) in [6.07, 6.45) is 8.80. The van der Waals surface area contributed by atoms with Gasteiger partial charge >= 0.3 is 0 Å². The summed E-state index contributed by atoms with van der Waals surface area (Å²) in [5, 5.41) is 0. The number of piperidine rings is 1. The van der Waals surface area contributed by atoms with E-state index in [0.29, 0.717) is 17.5 Å². The number of likely N-dealkylation sites (tertiary alicyclic amines) is 1. The standard InChI is InChI=1S/C15H20N2O2/c18-14-10-12(7-8-16-14)15(19)17-9-3-5-11-4-1-2-6-13(11)17/h7-8,10-11,13H,1-6,9H2,(H,16,18). The molecular weight excluding hydrogens is 240 g/mol. The quantitative estimate of drug-likeness (QED) is 0.841. The Morgan fingerprint density at radius 1 is 1.21 bits per heavy atom. The fourth-order valence-corrected chi connectivity index (χ4v) is 3.62. The van der Waals surface area contributed by atoms with Crippen molar-refractivity contribution in [3.05, 3.63) is 34.2 Å². The highest BCUT2D eigenvalue weighted by molar-refractivity contribution is 5.94. The largest absolute Gasteiger partial charge is 0.335 e. The Morgan fingerprint density at radius 2 is 2.00 bits per heavy atom. The molecule has 1 aliphatic carbocycles. The Balaban J connectivity index is 1.83. The van der Waals surface area contributed by atoms with E-state index in [9.17, 15) is 9.59 Å². The van der Waals surface area contributed by atoms with Crippen molar-refractivity contribution < 1.29 is 4.79 Å². The van der Waals surface area contributed by atoms with E-state index in [4.69, 9.17) is 0 Å². The van der Waals surface area contributed by atoms with Gasteiger partial charge in [0.15, 0.2) is 0 Å². The predicted molar refractivity (Wildman–Crippen MR) is 73.1 cm³/mol. The van der Waals surface area contributed by atoms with Crippen molar-refractivity contribution in [2.45, 2.75) is 44.6 Å². The molecular formula is C15H20N2O2. The first-order valence-electron chi connectivity index (χ1n) is 7.25. The number of amides is 1. The molecule has 2 heterocycles. The van der Waals surface area contributed by atoms with Crippen LogP contribution in [-0.2, 0) is 0 Å². The van der Waals surface area contributed by atoms with Gasteiger partial charge in [0.1, 0.15) is 0 Å². The molecule has 0 spiro atoms. The van der Waals surface area contributed by atoms with E-state index in [1.807, 2.05) is 4.90 Å². The fourth-order valence-electron chi connectivity index (χ4n) is 3.62. The first-order chi connectivity index (χ1) is 9.25. The van der Waals surface area contributed by atoms with Crippen LogP contribution in [0, 0.1) is 5.92 Å². The number of hydrogen-bond acceptors (Lipinski definition) is 2. The van der Waals surface area contributed by atoms with Crippen molar-refractivity contribution >= 4 is 5.91 Å². The van der Waals surface area contributed by atoms with Crippen LogP contribution in [0.25, 0.3) is 0 Å². The molecule has 1 aromatic heterocycles. The van der Waals surface area contributed by atoms with E-state index in [0.717, 1.165) is 19.4 Å². The van der Waals surface area contributed by atoms with Crippen molar-refractivity contribution in [3.8, 4) is 0 Å². The molecule has 2 aliphatic rings. The Kier molecular flexibility index (Phi) is 3.40. The molecule has 1 aliphatic heterocycles. The summed E-state index contributed by atoms with van der Waals surface area (Å²) in [6, 6.07) is 3.51. The van der Waals surface area contributed by atoms with E-state index >= 15 is 0 Å². The van der Waals surface area contributed by atoms with Crippen LogP contribution >= 0.6 is 0 Å². The lowest BCUT2D eigenvalue weighted by Crippen LogP contribution is -2.49. The third kappa shape index (κ3) is 2.44. The highest BCUT2D eigenvalue weighted by Crippen LogP contribution is 2.35. The molecule has 0 radical (unpaired) electrons. The number of nitrogens with zero attached hydrogens (tertiary/aromatic N) is 1. The van der Waals surface area contributed by atoms with Crippen LogP contribution in [0.5, 0.6) is 0 Å². The molecule has 3 rings (SSSR count). The van der Waals surface area contributed by atoms with Crippen LogP contribution in [0.1, 0.15) is 48.9 Å². The number of hydrogen-bond donors (Lipinski definition) is 1. The lowest BCUT2D eigenvalue weighted by atomic mass is 9.78. The second kappa shape index (κ2) is 5.19. The number of carbonyl (C=O) groups excluding carboxylic acids is 1. The smallest absolute Gasteiger partial charge is 0.254 e. The zero-order valence-corrected chi connectivity index (χ0v) is 11.1. The van der Waals surface area contributed by atoms with Crippen LogP contribution in [0.4, 0.5) is 0 Å². The summed E-state index contributed by atoms with van der Waals surface area (Å²) in [7, 11) is 0. The van der Waals surface area contributed by atoms with Gasteiger partial charge in [0, 0.05) is 30.4 Å². The molecule has 19 heavy (non-hydrogen) atoms. The average molecular weight is 260 g/mol. The highest BCUT2D eigenvalue weighted by atomic mass is 16.2. The first kappa shape index (κ1) is 12.5. The minimum atomic E-state index is -0.206. The molecule has 1 aromatic rings. The molecule has 2 unspecified atom stereocenters. The summed E-state index contributed by atoms with van der Waals surface area (Å²) in [5.74, 6) is 0.705. The van der Waals surface area contributed by atoms with Gasteiger partial charge in [-0.15, -0.1) is 0 Å². The molecule has 2 atom stereocenters. The number of fused-ring (bicyclic) bond motifs is 1. The summed E-state index contributed by atoms with van der Waals surface area (Å²) in [5.41, 5.74) is 0.318. The molecule has 2 fully saturated rings. The molecule has 1 amide bonds. The Morgan fingerprint density at radius 3 is 2.84 bits per heavy atom. The maximum absolute atomic E-state index is 12.6. The summed E-state index contributed by atoms with van der Waals surface area (Å²) in [6.45, 7) is 0.840. The van der Waals surface area contributed by atoms with E-state index < -0.39 is 0 Å². The average Bonchev–Trinajstić information content (AvgIpc) is 2.46. The first-order valence-corrected chi connectivity index (χ1v) is 7.25. The minimum absolute atomic E-state index is 0.0303. The maximum Gasteiger partial charge on any atom is 0.254 e. The molecule has 0 aromatic carbocycles. The zero-order valence-electron chi connectivity index (χ0n) is 11.1. The van der Waals surface area contributed by atoms with Crippen molar-refractivity contribution in [2.24, 2.45) is 5.92 Å². The Hall–Kier alpha value is -1.58. The molecule has 1 saturated carbocycles. The van der Waals surface area contributed by atoms with Gasteiger partial charge in [0.25, 0.3) is 5.91 Å². The molecule has 1 N–H and O–H groups in total. The van der Waals surface area contributed by atoms with Crippen molar-refractivity contribution in [3.63, 3.8) is 0 Å². The number of carbonyl (C=O) groups is 1. The van der Waals surface area contributed by atoms with Crippen LogP contribution in [0.3, 0.4) is 0 Å². The molecule has 4 nitrogen and oxygen atoms in total. The van der Waals surface area contributed by atoms with Gasteiger partial charge in [-0.3, -0.25) is 9.59 Å². The van der Waals surface area contributed by atoms with E-state index in [1.165, 1.54) is 31.7 Å².